The third-order valence-corrected chi connectivity index (χ3v) is 7.40. The predicted molar refractivity (Wildman–Crippen MR) is 124 cm³/mol. The number of anilines is 1. The van der Waals surface area contributed by atoms with Crippen molar-refractivity contribution in [3.8, 4) is 0 Å². The molecule has 2 heterocycles. The minimum absolute atomic E-state index is 0.146. The first-order chi connectivity index (χ1) is 16.5. The van der Waals surface area contributed by atoms with E-state index in [0.29, 0.717) is 16.8 Å². The Morgan fingerprint density at radius 2 is 1.53 bits per heavy atom. The van der Waals surface area contributed by atoms with Gasteiger partial charge in [0.05, 0.1) is 13.2 Å². The van der Waals surface area contributed by atoms with E-state index < -0.39 is 46.8 Å². The van der Waals surface area contributed by atoms with E-state index in [1.807, 2.05) is 30.3 Å². The van der Waals surface area contributed by atoms with Gasteiger partial charge in [0.1, 0.15) is 17.3 Å². The fourth-order valence-electron chi connectivity index (χ4n) is 6.08. The maximum Gasteiger partial charge on any atom is 0.329 e. The molecule has 0 radical (unpaired) electrons. The molecule has 3 aliphatic rings. The third kappa shape index (κ3) is 2.40. The second-order valence-electron chi connectivity index (χ2n) is 8.81. The first kappa shape index (κ1) is 20.5. The topological polar surface area (TPSA) is 63.7 Å². The van der Waals surface area contributed by atoms with Gasteiger partial charge in [-0.15, -0.1) is 0 Å². The summed E-state index contributed by atoms with van der Waals surface area (Å²) in [6, 6.07) is 18.3. The van der Waals surface area contributed by atoms with Crippen LogP contribution in [0.2, 0.25) is 0 Å². The van der Waals surface area contributed by atoms with Gasteiger partial charge in [-0.25, -0.2) is 9.18 Å². The number of methoxy groups -OCH3 is 1. The molecule has 2 aliphatic heterocycles. The molecule has 0 aromatic heterocycles. The largest absolute Gasteiger partial charge is 0.467 e. The van der Waals surface area contributed by atoms with Crippen molar-refractivity contribution in [1.29, 1.82) is 0 Å². The lowest BCUT2D eigenvalue weighted by Crippen LogP contribution is -2.48. The van der Waals surface area contributed by atoms with Crippen LogP contribution in [0.15, 0.2) is 78.9 Å². The second kappa shape index (κ2) is 7.22. The van der Waals surface area contributed by atoms with Crippen LogP contribution in [-0.4, -0.2) is 36.7 Å². The Balaban J connectivity index is 1.71. The first-order valence-electron chi connectivity index (χ1n) is 11.1. The number of rotatable bonds is 2. The average molecular weight is 453 g/mol. The number of ether oxygens (including phenoxy) is 1. The summed E-state index contributed by atoms with van der Waals surface area (Å²) in [6.07, 6.45) is 3.65. The van der Waals surface area contributed by atoms with Gasteiger partial charge in [-0.1, -0.05) is 72.8 Å². The van der Waals surface area contributed by atoms with Crippen LogP contribution < -0.4 is 4.90 Å². The Morgan fingerprint density at radius 1 is 0.912 bits per heavy atom. The normalized spacial score (nSPS) is 23.6. The molecule has 3 aromatic carbocycles. The van der Waals surface area contributed by atoms with Gasteiger partial charge in [0, 0.05) is 22.7 Å². The minimum Gasteiger partial charge on any atom is -0.467 e. The van der Waals surface area contributed by atoms with Crippen molar-refractivity contribution in [2.75, 3.05) is 12.0 Å². The molecule has 34 heavy (non-hydrogen) atoms. The fraction of sp³-hybridized carbons (Fsp3) is 0.179. The number of para-hydroxylation sites is 1. The van der Waals surface area contributed by atoms with E-state index in [9.17, 15) is 14.4 Å². The highest BCUT2D eigenvalue weighted by molar-refractivity contribution is 6.32. The lowest BCUT2D eigenvalue weighted by Gasteiger charge is -2.36. The Kier molecular flexibility index (Phi) is 4.36. The number of Topliss-reactive ketones (excluding diaryl/α,β-unsaturated/α-hetero) is 2. The maximum absolute atomic E-state index is 15.4. The summed E-state index contributed by atoms with van der Waals surface area (Å²) < 4.78 is 20.6. The highest BCUT2D eigenvalue weighted by Gasteiger charge is 2.72. The van der Waals surface area contributed by atoms with Crippen LogP contribution in [-0.2, 0) is 9.53 Å². The van der Waals surface area contributed by atoms with Crippen molar-refractivity contribution in [2.45, 2.75) is 18.0 Å². The van der Waals surface area contributed by atoms with Crippen molar-refractivity contribution in [3.63, 3.8) is 0 Å². The molecule has 1 fully saturated rings. The SMILES string of the molecule is COC(=O)[C@H]1[C@H](c2ccccc2F)C2(C(=O)c3ccccc3C2=O)C2C=Cc3ccccc3N21. The summed E-state index contributed by atoms with van der Waals surface area (Å²) >= 11 is 0. The third-order valence-electron chi connectivity index (χ3n) is 7.40. The quantitative estimate of drug-likeness (QED) is 0.424. The Hall–Kier alpha value is -4.06. The molecule has 5 nitrogen and oxygen atoms in total. The predicted octanol–water partition coefficient (Wildman–Crippen LogP) is 4.43. The van der Waals surface area contributed by atoms with Crippen molar-refractivity contribution in [2.24, 2.45) is 5.41 Å². The molecular formula is C28H20FNO4. The van der Waals surface area contributed by atoms with Crippen molar-refractivity contribution >= 4 is 29.3 Å². The van der Waals surface area contributed by atoms with Gasteiger partial charge in [0.15, 0.2) is 11.6 Å². The molecule has 1 spiro atoms. The number of hydrogen-bond donors (Lipinski definition) is 0. The zero-order valence-electron chi connectivity index (χ0n) is 18.3. The second-order valence-corrected chi connectivity index (χ2v) is 8.81. The molecule has 3 aromatic rings. The van der Waals surface area contributed by atoms with Crippen molar-refractivity contribution in [3.05, 3.63) is 107 Å². The van der Waals surface area contributed by atoms with Crippen molar-refractivity contribution in [1.82, 2.24) is 0 Å². The van der Waals surface area contributed by atoms with E-state index >= 15 is 4.39 Å². The zero-order valence-corrected chi connectivity index (χ0v) is 18.3. The van der Waals surface area contributed by atoms with Crippen LogP contribution >= 0.6 is 0 Å². The number of halogens is 1. The van der Waals surface area contributed by atoms with Crippen LogP contribution in [0.5, 0.6) is 0 Å². The van der Waals surface area contributed by atoms with Crippen LogP contribution in [0.3, 0.4) is 0 Å². The molecule has 1 aliphatic carbocycles. The molecule has 1 unspecified atom stereocenters. The van der Waals surface area contributed by atoms with Crippen LogP contribution in [0.4, 0.5) is 10.1 Å². The van der Waals surface area contributed by atoms with Gasteiger partial charge < -0.3 is 9.64 Å². The molecular weight excluding hydrogens is 433 g/mol. The minimum atomic E-state index is -1.71. The van der Waals surface area contributed by atoms with E-state index in [1.165, 1.54) is 13.2 Å². The molecule has 0 N–H and O–H groups in total. The lowest BCUT2D eigenvalue weighted by molar-refractivity contribution is -0.142. The number of nitrogens with zero attached hydrogens (tertiary/aromatic N) is 1. The summed E-state index contributed by atoms with van der Waals surface area (Å²) in [6.45, 7) is 0. The molecule has 1 saturated heterocycles. The van der Waals surface area contributed by atoms with E-state index in [1.54, 1.807) is 53.4 Å². The number of ketones is 2. The van der Waals surface area contributed by atoms with E-state index in [4.69, 9.17) is 4.74 Å². The molecule has 6 heteroatoms. The summed E-state index contributed by atoms with van der Waals surface area (Å²) in [5.74, 6) is -3.08. The molecule has 6 rings (SSSR count). The van der Waals surface area contributed by atoms with Gasteiger partial charge in [-0.2, -0.15) is 0 Å². The summed E-state index contributed by atoms with van der Waals surface area (Å²) in [5.41, 5.74) is 0.563. The summed E-state index contributed by atoms with van der Waals surface area (Å²) in [4.78, 5) is 43.5. The van der Waals surface area contributed by atoms with E-state index in [0.717, 1.165) is 5.56 Å². The molecule has 168 valence electrons. The van der Waals surface area contributed by atoms with Gasteiger partial charge >= 0.3 is 5.97 Å². The monoisotopic (exact) mass is 453 g/mol. The average Bonchev–Trinajstić information content (AvgIpc) is 3.30. The standard InChI is InChI=1S/C28H20FNO4/c1-34-27(33)24-23(19-11-5-6-12-20(19)29)28(25(31)17-9-3-4-10-18(17)26(28)32)22-15-14-16-8-2-7-13-21(16)30(22)24/h2-15,22-24H,1H3/t22?,23-,24+/m0/s1. The van der Waals surface area contributed by atoms with Gasteiger partial charge in [-0.05, 0) is 23.3 Å². The van der Waals surface area contributed by atoms with E-state index in [2.05, 4.69) is 0 Å². The van der Waals surface area contributed by atoms with Gasteiger partial charge in [-0.3, -0.25) is 9.59 Å². The number of carbonyl (C=O) groups excluding carboxylic acids is 3. The smallest absolute Gasteiger partial charge is 0.329 e. The lowest BCUT2D eigenvalue weighted by atomic mass is 9.64. The molecule has 3 atom stereocenters. The first-order valence-corrected chi connectivity index (χ1v) is 11.1. The van der Waals surface area contributed by atoms with Crippen LogP contribution in [0.25, 0.3) is 6.08 Å². The number of esters is 1. The Labute approximate surface area is 195 Å². The highest BCUT2D eigenvalue weighted by atomic mass is 19.1. The van der Waals surface area contributed by atoms with Gasteiger partial charge in [0.25, 0.3) is 0 Å². The number of benzene rings is 3. The zero-order chi connectivity index (χ0) is 23.6. The van der Waals surface area contributed by atoms with Crippen LogP contribution in [0.1, 0.15) is 37.8 Å². The molecule has 0 bridgehead atoms. The Morgan fingerprint density at radius 3 is 2.21 bits per heavy atom. The number of carbonyl (C=O) groups is 3. The number of fused-ring (bicyclic) bond motifs is 5. The van der Waals surface area contributed by atoms with Crippen LogP contribution in [0, 0.1) is 11.2 Å². The summed E-state index contributed by atoms with van der Waals surface area (Å²) in [5, 5.41) is 0. The summed E-state index contributed by atoms with van der Waals surface area (Å²) in [7, 11) is 1.26. The van der Waals surface area contributed by atoms with Crippen molar-refractivity contribution < 1.29 is 23.5 Å². The molecule has 0 amide bonds. The highest BCUT2D eigenvalue weighted by Crippen LogP contribution is 2.60. The molecule has 0 saturated carbocycles. The van der Waals surface area contributed by atoms with E-state index in [-0.39, 0.29) is 5.56 Å². The number of hydrogen-bond acceptors (Lipinski definition) is 5. The Bertz CT molecular complexity index is 1380. The fourth-order valence-corrected chi connectivity index (χ4v) is 6.08. The maximum atomic E-state index is 15.4. The van der Waals surface area contributed by atoms with Gasteiger partial charge in [0.2, 0.25) is 0 Å².